The molecule has 0 saturated carbocycles. The molecule has 0 aliphatic carbocycles. The number of nitrogens with two attached hydrogens (primary N) is 2. The SMILES string of the molecule is CN(C)C.CNC(Cc1ccccc1)C(=O)O.NN. The summed E-state index contributed by atoms with van der Waals surface area (Å²) in [5.41, 5.74) is 1.03. The van der Waals surface area contributed by atoms with Gasteiger partial charge in [-0.05, 0) is 40.2 Å². The molecule has 1 atom stereocenters. The summed E-state index contributed by atoms with van der Waals surface area (Å²) in [6, 6.07) is 9.08. The van der Waals surface area contributed by atoms with E-state index in [1.165, 1.54) is 0 Å². The van der Waals surface area contributed by atoms with E-state index in [2.05, 4.69) is 17.0 Å². The van der Waals surface area contributed by atoms with Crippen LogP contribution in [0.25, 0.3) is 0 Å². The van der Waals surface area contributed by atoms with Gasteiger partial charge in [0.25, 0.3) is 0 Å². The van der Waals surface area contributed by atoms with Gasteiger partial charge in [0.2, 0.25) is 0 Å². The quantitative estimate of drug-likeness (QED) is 0.450. The molecule has 1 rings (SSSR count). The van der Waals surface area contributed by atoms with Crippen LogP contribution in [0.4, 0.5) is 0 Å². The van der Waals surface area contributed by atoms with Gasteiger partial charge in [-0.2, -0.15) is 0 Å². The van der Waals surface area contributed by atoms with Gasteiger partial charge in [0.05, 0.1) is 0 Å². The van der Waals surface area contributed by atoms with Crippen molar-refractivity contribution in [3.05, 3.63) is 35.9 Å². The van der Waals surface area contributed by atoms with Crippen molar-refractivity contribution < 1.29 is 9.90 Å². The van der Waals surface area contributed by atoms with Crippen molar-refractivity contribution in [2.45, 2.75) is 12.5 Å². The lowest BCUT2D eigenvalue weighted by atomic mass is 10.1. The molecule has 6 nitrogen and oxygen atoms in total. The van der Waals surface area contributed by atoms with Gasteiger partial charge in [0, 0.05) is 0 Å². The van der Waals surface area contributed by atoms with Crippen LogP contribution in [-0.4, -0.2) is 50.2 Å². The molecule has 6 N–H and O–H groups in total. The topological polar surface area (TPSA) is 105 Å². The molecule has 0 saturated heterocycles. The Morgan fingerprint density at radius 3 is 2.00 bits per heavy atom. The Hall–Kier alpha value is -1.47. The Balaban J connectivity index is 0. The standard InChI is InChI=1S/C10H13NO2.C3H9N.H4N2/c1-11-9(10(12)13)7-8-5-3-2-4-6-8;1-4(2)3;1-2/h2-6,9,11H,7H2,1H3,(H,12,13);1-3H3;1-2H2. The summed E-state index contributed by atoms with van der Waals surface area (Å²) in [6.45, 7) is 0. The highest BCUT2D eigenvalue weighted by Gasteiger charge is 2.14. The molecule has 0 fully saturated rings. The van der Waals surface area contributed by atoms with Gasteiger partial charge in [-0.1, -0.05) is 30.3 Å². The molecule has 1 unspecified atom stereocenters. The first-order valence-corrected chi connectivity index (χ1v) is 5.85. The highest BCUT2D eigenvalue weighted by molar-refractivity contribution is 5.73. The van der Waals surface area contributed by atoms with Crippen molar-refractivity contribution in [2.75, 3.05) is 28.2 Å². The summed E-state index contributed by atoms with van der Waals surface area (Å²) < 4.78 is 0. The smallest absolute Gasteiger partial charge is 0.321 e. The van der Waals surface area contributed by atoms with Crippen LogP contribution in [-0.2, 0) is 11.2 Å². The second-order valence-electron chi connectivity index (χ2n) is 4.21. The highest BCUT2D eigenvalue weighted by atomic mass is 16.4. The molecule has 19 heavy (non-hydrogen) atoms. The van der Waals surface area contributed by atoms with Gasteiger partial charge in [-0.3, -0.25) is 16.5 Å². The molecule has 0 aromatic heterocycles. The van der Waals surface area contributed by atoms with Crippen LogP contribution >= 0.6 is 0 Å². The third-order valence-corrected chi connectivity index (χ3v) is 1.93. The number of rotatable bonds is 4. The number of carboxylic acid groups (broad SMARTS) is 1. The molecular weight excluding hydrogens is 244 g/mol. The van der Waals surface area contributed by atoms with Crippen LogP contribution in [0.5, 0.6) is 0 Å². The number of nitrogens with zero attached hydrogens (tertiary/aromatic N) is 1. The number of aliphatic carboxylic acids is 1. The minimum atomic E-state index is -0.814. The zero-order valence-electron chi connectivity index (χ0n) is 12.1. The van der Waals surface area contributed by atoms with Crippen LogP contribution in [0, 0.1) is 0 Å². The number of hydrazine groups is 1. The monoisotopic (exact) mass is 270 g/mol. The second kappa shape index (κ2) is 13.0. The first-order chi connectivity index (χ1) is 8.97. The Kier molecular flexibility index (Phi) is 13.6. The van der Waals surface area contributed by atoms with Crippen molar-refractivity contribution in [3.8, 4) is 0 Å². The summed E-state index contributed by atoms with van der Waals surface area (Å²) in [5.74, 6) is 7.19. The maximum absolute atomic E-state index is 10.7. The van der Waals surface area contributed by atoms with E-state index in [0.29, 0.717) is 6.42 Å². The van der Waals surface area contributed by atoms with Crippen LogP contribution in [0.15, 0.2) is 30.3 Å². The van der Waals surface area contributed by atoms with E-state index in [9.17, 15) is 4.79 Å². The third kappa shape index (κ3) is 12.8. The molecule has 0 bridgehead atoms. The molecule has 0 spiro atoms. The maximum Gasteiger partial charge on any atom is 0.321 e. The number of hydrogen-bond donors (Lipinski definition) is 4. The lowest BCUT2D eigenvalue weighted by molar-refractivity contribution is -0.139. The van der Waals surface area contributed by atoms with E-state index in [1.807, 2.05) is 56.4 Å². The number of benzene rings is 1. The lowest BCUT2D eigenvalue weighted by Gasteiger charge is -2.10. The second-order valence-corrected chi connectivity index (χ2v) is 4.21. The average Bonchev–Trinajstić information content (AvgIpc) is 2.38. The molecule has 0 radical (unpaired) electrons. The number of hydrogen-bond acceptors (Lipinski definition) is 5. The molecular formula is C13H26N4O2. The van der Waals surface area contributed by atoms with Gasteiger partial charge >= 0.3 is 5.97 Å². The van der Waals surface area contributed by atoms with Crippen LogP contribution in [0.2, 0.25) is 0 Å². The van der Waals surface area contributed by atoms with E-state index in [0.717, 1.165) is 5.56 Å². The fourth-order valence-electron chi connectivity index (χ4n) is 1.16. The average molecular weight is 270 g/mol. The summed E-state index contributed by atoms with van der Waals surface area (Å²) in [4.78, 5) is 12.7. The molecule has 0 aliphatic rings. The predicted molar refractivity (Wildman–Crippen MR) is 78.6 cm³/mol. The zero-order valence-corrected chi connectivity index (χ0v) is 12.1. The Labute approximate surface area is 115 Å². The minimum Gasteiger partial charge on any atom is -0.480 e. The molecule has 1 aromatic rings. The first-order valence-electron chi connectivity index (χ1n) is 5.85. The molecule has 110 valence electrons. The van der Waals surface area contributed by atoms with Gasteiger partial charge in [-0.25, -0.2) is 0 Å². The Morgan fingerprint density at radius 1 is 1.26 bits per heavy atom. The number of carbonyl (C=O) groups is 1. The molecule has 6 heteroatoms. The van der Waals surface area contributed by atoms with Crippen LogP contribution in [0.3, 0.4) is 0 Å². The van der Waals surface area contributed by atoms with Crippen LogP contribution in [0.1, 0.15) is 5.56 Å². The highest BCUT2D eigenvalue weighted by Crippen LogP contribution is 2.02. The number of carboxylic acids is 1. The summed E-state index contributed by atoms with van der Waals surface area (Å²) in [6.07, 6.45) is 0.521. The van der Waals surface area contributed by atoms with E-state index in [1.54, 1.807) is 7.05 Å². The Bertz CT molecular complexity index is 315. The number of nitrogens with one attached hydrogen (secondary N) is 1. The van der Waals surface area contributed by atoms with Crippen molar-refractivity contribution in [3.63, 3.8) is 0 Å². The van der Waals surface area contributed by atoms with Crippen LogP contribution < -0.4 is 17.0 Å². The summed E-state index contributed by atoms with van der Waals surface area (Å²) in [5, 5.41) is 11.5. The first kappa shape index (κ1) is 19.9. The molecule has 0 amide bonds. The van der Waals surface area contributed by atoms with Gasteiger partial charge in [0.1, 0.15) is 6.04 Å². The zero-order chi connectivity index (χ0) is 15.3. The van der Waals surface area contributed by atoms with E-state index in [4.69, 9.17) is 5.11 Å². The van der Waals surface area contributed by atoms with Gasteiger partial charge in [0.15, 0.2) is 0 Å². The van der Waals surface area contributed by atoms with E-state index >= 15 is 0 Å². The van der Waals surface area contributed by atoms with Gasteiger partial charge < -0.3 is 15.3 Å². The Morgan fingerprint density at radius 2 is 1.68 bits per heavy atom. The summed E-state index contributed by atoms with van der Waals surface area (Å²) in [7, 11) is 7.65. The van der Waals surface area contributed by atoms with E-state index < -0.39 is 12.0 Å². The normalized spacial score (nSPS) is 10.7. The predicted octanol–water partition coefficient (Wildman–Crippen LogP) is -0.102. The van der Waals surface area contributed by atoms with Crippen molar-refractivity contribution in [2.24, 2.45) is 11.7 Å². The maximum atomic E-state index is 10.7. The minimum absolute atomic E-state index is 0.498. The van der Waals surface area contributed by atoms with Gasteiger partial charge in [-0.15, -0.1) is 0 Å². The number of likely N-dealkylation sites (N-methyl/N-ethyl adjacent to an activating group) is 1. The van der Waals surface area contributed by atoms with Crippen molar-refractivity contribution in [1.29, 1.82) is 0 Å². The molecule has 0 heterocycles. The largest absolute Gasteiger partial charge is 0.480 e. The molecule has 1 aromatic carbocycles. The fourth-order valence-corrected chi connectivity index (χ4v) is 1.16. The third-order valence-electron chi connectivity index (χ3n) is 1.93. The molecule has 0 aliphatic heterocycles. The van der Waals surface area contributed by atoms with Crippen molar-refractivity contribution >= 4 is 5.97 Å². The summed E-state index contributed by atoms with van der Waals surface area (Å²) >= 11 is 0. The van der Waals surface area contributed by atoms with E-state index in [-0.39, 0.29) is 0 Å². The fraction of sp³-hybridized carbons (Fsp3) is 0.462. The lowest BCUT2D eigenvalue weighted by Crippen LogP contribution is -2.35. The van der Waals surface area contributed by atoms with Crippen molar-refractivity contribution in [1.82, 2.24) is 10.2 Å².